The molecule has 0 aromatic heterocycles. The van der Waals surface area contributed by atoms with E-state index in [4.69, 9.17) is 5.11 Å². The first kappa shape index (κ1) is 14.9. The highest BCUT2D eigenvalue weighted by molar-refractivity contribution is 7.92. The van der Waals surface area contributed by atoms with Gasteiger partial charge in [-0.15, -0.1) is 0 Å². The van der Waals surface area contributed by atoms with E-state index in [2.05, 4.69) is 5.32 Å². The summed E-state index contributed by atoms with van der Waals surface area (Å²) < 4.78 is 22.6. The molecule has 0 radical (unpaired) electrons. The zero-order valence-corrected chi connectivity index (χ0v) is 11.6. The zero-order valence-electron chi connectivity index (χ0n) is 10.8. The third-order valence-corrected chi connectivity index (χ3v) is 5.66. The number of carboxylic acid groups (broad SMARTS) is 1. The number of carboxylic acids is 1. The summed E-state index contributed by atoms with van der Waals surface area (Å²) in [5.74, 6) is -2.58. The van der Waals surface area contributed by atoms with E-state index in [9.17, 15) is 18.0 Å². The quantitative estimate of drug-likeness (QED) is 0.738. The lowest BCUT2D eigenvalue weighted by Gasteiger charge is -2.19. The molecule has 0 aromatic rings. The molecule has 0 saturated heterocycles. The van der Waals surface area contributed by atoms with Crippen molar-refractivity contribution in [1.82, 2.24) is 5.32 Å². The molecule has 1 rings (SSSR count). The minimum absolute atomic E-state index is 0.0290. The first-order valence-corrected chi connectivity index (χ1v) is 7.44. The van der Waals surface area contributed by atoms with Crippen LogP contribution in [0.4, 0.5) is 0 Å². The zero-order chi connectivity index (χ0) is 14.1. The van der Waals surface area contributed by atoms with Crippen molar-refractivity contribution in [1.29, 1.82) is 0 Å². The summed E-state index contributed by atoms with van der Waals surface area (Å²) in [6.07, 6.45) is 0.340. The number of amides is 1. The van der Waals surface area contributed by atoms with Gasteiger partial charge in [0.25, 0.3) is 0 Å². The number of aliphatic carboxylic acids is 1. The van der Waals surface area contributed by atoms with E-state index in [0.717, 1.165) is 0 Å². The first-order valence-electron chi connectivity index (χ1n) is 5.79. The molecule has 1 aliphatic rings. The van der Waals surface area contributed by atoms with E-state index < -0.39 is 32.4 Å². The molecule has 0 heterocycles. The van der Waals surface area contributed by atoms with Gasteiger partial charge in [-0.05, 0) is 27.2 Å². The van der Waals surface area contributed by atoms with E-state index in [0.29, 0.717) is 6.42 Å². The third-order valence-electron chi connectivity index (χ3n) is 3.05. The van der Waals surface area contributed by atoms with E-state index >= 15 is 0 Å². The summed E-state index contributed by atoms with van der Waals surface area (Å²) in [7, 11) is -3.26. The summed E-state index contributed by atoms with van der Waals surface area (Å²) in [6, 6.07) is 0. The van der Waals surface area contributed by atoms with Gasteiger partial charge in [0.2, 0.25) is 5.91 Å². The van der Waals surface area contributed by atoms with Gasteiger partial charge in [0.1, 0.15) is 0 Å². The van der Waals surface area contributed by atoms with Crippen LogP contribution in [-0.2, 0) is 19.4 Å². The Morgan fingerprint density at radius 2 is 1.83 bits per heavy atom. The van der Waals surface area contributed by atoms with E-state index in [1.54, 1.807) is 20.8 Å². The van der Waals surface area contributed by atoms with Crippen molar-refractivity contribution < 1.29 is 23.1 Å². The Morgan fingerprint density at radius 1 is 1.28 bits per heavy atom. The lowest BCUT2D eigenvalue weighted by molar-refractivity contribution is -0.140. The Kier molecular flexibility index (Phi) is 4.05. The van der Waals surface area contributed by atoms with Crippen LogP contribution < -0.4 is 5.32 Å². The van der Waals surface area contributed by atoms with Crippen molar-refractivity contribution in [3.63, 3.8) is 0 Å². The molecule has 1 aliphatic carbocycles. The maximum Gasteiger partial charge on any atom is 0.307 e. The molecule has 1 saturated carbocycles. The monoisotopic (exact) mass is 277 g/mol. The van der Waals surface area contributed by atoms with Gasteiger partial charge in [-0.3, -0.25) is 9.59 Å². The molecule has 1 fully saturated rings. The second kappa shape index (κ2) is 4.87. The lowest BCUT2D eigenvalue weighted by atomic mass is 10.3. The molecule has 2 atom stereocenters. The van der Waals surface area contributed by atoms with E-state index in [-0.39, 0.29) is 18.2 Å². The molecule has 6 nitrogen and oxygen atoms in total. The maximum atomic E-state index is 11.7. The molecule has 0 spiro atoms. The Balaban J connectivity index is 2.36. The van der Waals surface area contributed by atoms with Crippen molar-refractivity contribution in [3.05, 3.63) is 0 Å². The van der Waals surface area contributed by atoms with Gasteiger partial charge in [0.15, 0.2) is 9.84 Å². The van der Waals surface area contributed by atoms with Crippen LogP contribution in [0.15, 0.2) is 0 Å². The molecule has 0 aromatic carbocycles. The van der Waals surface area contributed by atoms with Crippen molar-refractivity contribution >= 4 is 21.7 Å². The highest BCUT2D eigenvalue weighted by Crippen LogP contribution is 2.38. The molecular formula is C11H19NO5S. The Hall–Kier alpha value is -1.11. The summed E-state index contributed by atoms with van der Waals surface area (Å²) in [6.45, 7) is 4.84. The van der Waals surface area contributed by atoms with Crippen molar-refractivity contribution in [2.45, 2.75) is 31.9 Å². The van der Waals surface area contributed by atoms with Gasteiger partial charge < -0.3 is 10.4 Å². The topological polar surface area (TPSA) is 101 Å². The maximum absolute atomic E-state index is 11.7. The molecule has 0 bridgehead atoms. The van der Waals surface area contributed by atoms with Crippen LogP contribution in [0.2, 0.25) is 0 Å². The Morgan fingerprint density at radius 3 is 2.22 bits per heavy atom. The van der Waals surface area contributed by atoms with Crippen LogP contribution in [-0.4, -0.2) is 42.4 Å². The predicted molar refractivity (Wildman–Crippen MR) is 65.8 cm³/mol. The number of nitrogens with one attached hydrogen (secondary N) is 1. The second-order valence-electron chi connectivity index (χ2n) is 5.51. The van der Waals surface area contributed by atoms with E-state index in [1.807, 2.05) is 0 Å². The SMILES string of the molecule is CC(C)(C)S(=O)(=O)CCNC(=O)C1CC1C(=O)O. The largest absolute Gasteiger partial charge is 0.481 e. The number of carbonyl (C=O) groups excluding carboxylic acids is 1. The number of hydrogen-bond acceptors (Lipinski definition) is 4. The van der Waals surface area contributed by atoms with Crippen LogP contribution in [0, 0.1) is 11.8 Å². The molecular weight excluding hydrogens is 258 g/mol. The highest BCUT2D eigenvalue weighted by Gasteiger charge is 2.48. The first-order chi connectivity index (χ1) is 8.06. The molecule has 1 amide bonds. The van der Waals surface area contributed by atoms with Crippen LogP contribution in [0.25, 0.3) is 0 Å². The van der Waals surface area contributed by atoms with Crippen molar-refractivity contribution in [3.8, 4) is 0 Å². The normalized spacial score (nSPS) is 23.5. The number of rotatable bonds is 5. The highest BCUT2D eigenvalue weighted by atomic mass is 32.2. The number of hydrogen-bond donors (Lipinski definition) is 2. The minimum atomic E-state index is -3.26. The minimum Gasteiger partial charge on any atom is -0.481 e. The summed E-state index contributed by atoms with van der Waals surface area (Å²) in [5, 5.41) is 11.1. The van der Waals surface area contributed by atoms with Gasteiger partial charge in [-0.2, -0.15) is 0 Å². The van der Waals surface area contributed by atoms with Gasteiger partial charge in [0.05, 0.1) is 22.3 Å². The average Bonchev–Trinajstić information content (AvgIpc) is 2.94. The van der Waals surface area contributed by atoms with Gasteiger partial charge in [0, 0.05) is 6.54 Å². The standard InChI is InChI=1S/C11H19NO5S/c1-11(2,3)18(16,17)5-4-12-9(13)7-6-8(7)10(14)15/h7-8H,4-6H2,1-3H3,(H,12,13)(H,14,15). The van der Waals surface area contributed by atoms with Crippen LogP contribution in [0.5, 0.6) is 0 Å². The smallest absolute Gasteiger partial charge is 0.307 e. The molecule has 2 unspecified atom stereocenters. The Bertz CT molecular complexity index is 449. The molecule has 18 heavy (non-hydrogen) atoms. The number of carbonyl (C=O) groups is 2. The molecule has 7 heteroatoms. The van der Waals surface area contributed by atoms with E-state index in [1.165, 1.54) is 0 Å². The fourth-order valence-electron chi connectivity index (χ4n) is 1.50. The lowest BCUT2D eigenvalue weighted by Crippen LogP contribution is -2.37. The molecule has 104 valence electrons. The number of sulfone groups is 1. The molecule has 2 N–H and O–H groups in total. The van der Waals surface area contributed by atoms with Crippen LogP contribution in [0.1, 0.15) is 27.2 Å². The predicted octanol–water partition coefficient (Wildman–Crippen LogP) is 0.0366. The fraction of sp³-hybridized carbons (Fsp3) is 0.818. The fourth-order valence-corrected chi connectivity index (χ4v) is 2.49. The van der Waals surface area contributed by atoms with Crippen LogP contribution in [0.3, 0.4) is 0 Å². The summed E-state index contributed by atoms with van der Waals surface area (Å²) in [4.78, 5) is 22.1. The van der Waals surface area contributed by atoms with Gasteiger partial charge >= 0.3 is 5.97 Å². The van der Waals surface area contributed by atoms with Crippen molar-refractivity contribution in [2.75, 3.05) is 12.3 Å². The van der Waals surface area contributed by atoms with Gasteiger partial charge in [-0.25, -0.2) is 8.42 Å². The van der Waals surface area contributed by atoms with Crippen molar-refractivity contribution in [2.24, 2.45) is 11.8 Å². The van der Waals surface area contributed by atoms with Crippen LogP contribution >= 0.6 is 0 Å². The third kappa shape index (κ3) is 3.44. The summed E-state index contributed by atoms with van der Waals surface area (Å²) in [5.41, 5.74) is 0. The Labute approximate surface area is 107 Å². The van der Waals surface area contributed by atoms with Gasteiger partial charge in [-0.1, -0.05) is 0 Å². The molecule has 0 aliphatic heterocycles. The average molecular weight is 277 g/mol. The summed E-state index contributed by atoms with van der Waals surface area (Å²) >= 11 is 0. The second-order valence-corrected chi connectivity index (χ2v) is 8.37.